The number of amides is 1. The van der Waals surface area contributed by atoms with Crippen molar-refractivity contribution < 1.29 is 14.7 Å². The molecule has 0 aliphatic carbocycles. The van der Waals surface area contributed by atoms with Gasteiger partial charge in [0, 0.05) is 17.3 Å². The van der Waals surface area contributed by atoms with Crippen molar-refractivity contribution in [3.8, 4) is 0 Å². The molecule has 0 unspecified atom stereocenters. The summed E-state index contributed by atoms with van der Waals surface area (Å²) < 4.78 is 0.573. The van der Waals surface area contributed by atoms with Crippen molar-refractivity contribution in [1.82, 2.24) is 4.98 Å². The molecule has 0 radical (unpaired) electrons. The van der Waals surface area contributed by atoms with Crippen LogP contribution in [0.15, 0.2) is 34.2 Å². The predicted molar refractivity (Wildman–Crippen MR) is 81.6 cm³/mol. The maximum Gasteiger partial charge on any atom is 0.343 e. The van der Waals surface area contributed by atoms with Gasteiger partial charge in [0.25, 0.3) is 5.91 Å². The highest BCUT2D eigenvalue weighted by molar-refractivity contribution is 8.37. The topological polar surface area (TPSA) is 70.5 Å². The number of pyridine rings is 1. The zero-order chi connectivity index (χ0) is 14.7. The first-order valence-electron chi connectivity index (χ1n) is 6.00. The van der Waals surface area contributed by atoms with Gasteiger partial charge in [0.1, 0.15) is 11.4 Å². The molecule has 2 rings (SSSR count). The van der Waals surface area contributed by atoms with E-state index in [9.17, 15) is 14.7 Å². The maximum absolute atomic E-state index is 12.6. The van der Waals surface area contributed by atoms with Gasteiger partial charge in [0.2, 0.25) is 0 Å². The van der Waals surface area contributed by atoms with Gasteiger partial charge in [-0.2, -0.15) is 0 Å². The lowest BCUT2D eigenvalue weighted by Crippen LogP contribution is -2.40. The van der Waals surface area contributed by atoms with Crippen LogP contribution in [0.2, 0.25) is 0 Å². The molecule has 106 valence electrons. The second kappa shape index (κ2) is 6.32. The largest absolute Gasteiger partial charge is 0.477 e. The lowest BCUT2D eigenvalue weighted by molar-refractivity contribution is -0.134. The van der Waals surface area contributed by atoms with E-state index in [1.165, 1.54) is 28.4 Å². The van der Waals surface area contributed by atoms with Crippen LogP contribution in [0.25, 0.3) is 0 Å². The number of thioether (sulfide) groups is 2. The third-order valence-corrected chi connectivity index (χ3v) is 5.23. The third-order valence-electron chi connectivity index (χ3n) is 2.64. The quantitative estimate of drug-likeness (QED) is 0.523. The zero-order valence-corrected chi connectivity index (χ0v) is 12.7. The van der Waals surface area contributed by atoms with Crippen LogP contribution in [-0.4, -0.2) is 33.1 Å². The predicted octanol–water partition coefficient (Wildman–Crippen LogP) is 2.56. The molecular weight excluding hydrogens is 296 g/mol. The molecular formula is C13H14N2O3S2. The van der Waals surface area contributed by atoms with Gasteiger partial charge in [-0.25, -0.2) is 9.78 Å². The molecule has 1 saturated heterocycles. The first-order valence-corrected chi connectivity index (χ1v) is 7.97. The van der Waals surface area contributed by atoms with Crippen molar-refractivity contribution >= 4 is 41.2 Å². The Morgan fingerprint density at radius 3 is 2.45 bits per heavy atom. The minimum absolute atomic E-state index is 0.161. The first-order chi connectivity index (χ1) is 9.52. The van der Waals surface area contributed by atoms with Crippen LogP contribution in [-0.2, 0) is 9.59 Å². The standard InChI is InChI=1S/C13H14N2O3S2/c1-8(2)15(9-5-3-4-6-14-9)11(16)10(12(17)18)13-19-7-20-13/h3-6,8H,7H2,1-2H3,(H,17,18). The minimum Gasteiger partial charge on any atom is -0.477 e. The number of anilines is 1. The van der Waals surface area contributed by atoms with Crippen LogP contribution in [0.1, 0.15) is 13.8 Å². The molecule has 0 spiro atoms. The summed E-state index contributed by atoms with van der Waals surface area (Å²) in [5.74, 6) is -1.24. The van der Waals surface area contributed by atoms with E-state index in [2.05, 4.69) is 4.98 Å². The Hall–Kier alpha value is -1.47. The lowest BCUT2D eigenvalue weighted by Gasteiger charge is -2.27. The zero-order valence-electron chi connectivity index (χ0n) is 11.1. The monoisotopic (exact) mass is 310 g/mol. The fraction of sp³-hybridized carbons (Fsp3) is 0.308. The molecule has 7 heteroatoms. The van der Waals surface area contributed by atoms with Gasteiger partial charge in [-0.1, -0.05) is 6.07 Å². The number of carbonyl (C=O) groups is 2. The number of carbonyl (C=O) groups excluding carboxylic acids is 1. The Bertz CT molecular complexity index is 552. The summed E-state index contributed by atoms with van der Waals surface area (Å²) >= 11 is 2.78. The van der Waals surface area contributed by atoms with Crippen LogP contribution in [0.5, 0.6) is 0 Å². The normalized spacial score (nSPS) is 13.8. The number of rotatable bonds is 4. The summed E-state index contributed by atoms with van der Waals surface area (Å²) in [5, 5.41) is 10.1. The van der Waals surface area contributed by atoms with Gasteiger partial charge in [-0.15, -0.1) is 23.5 Å². The smallest absolute Gasteiger partial charge is 0.343 e. The molecule has 0 aromatic carbocycles. The number of aliphatic carboxylic acids is 1. The summed E-state index contributed by atoms with van der Waals surface area (Å²) in [6.07, 6.45) is 1.58. The molecule has 0 atom stereocenters. The summed E-state index contributed by atoms with van der Waals surface area (Å²) in [6, 6.07) is 5.04. The Morgan fingerprint density at radius 2 is 2.05 bits per heavy atom. The molecule has 1 aliphatic heterocycles. The van der Waals surface area contributed by atoms with Crippen LogP contribution in [0, 0.1) is 0 Å². The molecule has 20 heavy (non-hydrogen) atoms. The Balaban J connectivity index is 2.39. The van der Waals surface area contributed by atoms with E-state index in [1.807, 2.05) is 13.8 Å². The molecule has 1 amide bonds. The fourth-order valence-electron chi connectivity index (χ4n) is 1.75. The Morgan fingerprint density at radius 1 is 1.35 bits per heavy atom. The van der Waals surface area contributed by atoms with Gasteiger partial charge in [-0.05, 0) is 26.0 Å². The number of nitrogens with zero attached hydrogens (tertiary/aromatic N) is 2. The summed E-state index contributed by atoms with van der Waals surface area (Å²) in [5.41, 5.74) is -0.161. The van der Waals surface area contributed by atoms with E-state index in [-0.39, 0.29) is 11.6 Å². The van der Waals surface area contributed by atoms with Crippen molar-refractivity contribution in [2.45, 2.75) is 19.9 Å². The fourth-order valence-corrected chi connectivity index (χ4v) is 3.33. The highest BCUT2D eigenvalue weighted by atomic mass is 32.3. The molecule has 0 saturated carbocycles. The van der Waals surface area contributed by atoms with Crippen LogP contribution < -0.4 is 4.90 Å². The highest BCUT2D eigenvalue weighted by Gasteiger charge is 2.33. The molecule has 1 aromatic rings. The van der Waals surface area contributed by atoms with Crippen molar-refractivity contribution in [2.24, 2.45) is 0 Å². The first kappa shape index (κ1) is 14.9. The Kier molecular flexibility index (Phi) is 4.72. The third kappa shape index (κ3) is 2.99. The highest BCUT2D eigenvalue weighted by Crippen LogP contribution is 2.45. The van der Waals surface area contributed by atoms with Gasteiger partial charge < -0.3 is 5.11 Å². The minimum atomic E-state index is -1.19. The Labute approximate surface area is 125 Å². The molecule has 1 N–H and O–H groups in total. The molecule has 1 aliphatic rings. The van der Waals surface area contributed by atoms with Crippen molar-refractivity contribution in [1.29, 1.82) is 0 Å². The van der Waals surface area contributed by atoms with Crippen LogP contribution >= 0.6 is 23.5 Å². The molecule has 5 nitrogen and oxygen atoms in total. The molecule has 0 bridgehead atoms. The average Bonchev–Trinajstić information content (AvgIpc) is 2.34. The van der Waals surface area contributed by atoms with Gasteiger partial charge in [0.15, 0.2) is 0 Å². The maximum atomic E-state index is 12.6. The van der Waals surface area contributed by atoms with E-state index in [0.717, 1.165) is 5.08 Å². The lowest BCUT2D eigenvalue weighted by atomic mass is 10.2. The number of carboxylic acid groups (broad SMARTS) is 1. The number of hydrogen-bond acceptors (Lipinski definition) is 5. The number of hydrogen-bond donors (Lipinski definition) is 1. The summed E-state index contributed by atoms with van der Waals surface area (Å²) in [7, 11) is 0. The van der Waals surface area contributed by atoms with Crippen LogP contribution in [0.4, 0.5) is 5.82 Å². The molecule has 2 heterocycles. The van der Waals surface area contributed by atoms with Crippen LogP contribution in [0.3, 0.4) is 0 Å². The van der Waals surface area contributed by atoms with Crippen molar-refractivity contribution in [3.63, 3.8) is 0 Å². The second-order valence-electron chi connectivity index (χ2n) is 4.33. The van der Waals surface area contributed by atoms with E-state index < -0.39 is 11.9 Å². The van der Waals surface area contributed by atoms with E-state index in [0.29, 0.717) is 10.1 Å². The number of carboxylic acids is 1. The van der Waals surface area contributed by atoms with E-state index in [1.54, 1.807) is 24.4 Å². The molecule has 1 aromatic heterocycles. The summed E-state index contributed by atoms with van der Waals surface area (Å²) in [4.78, 5) is 29.5. The van der Waals surface area contributed by atoms with Gasteiger partial charge in [0.05, 0.1) is 4.24 Å². The van der Waals surface area contributed by atoms with Gasteiger partial charge >= 0.3 is 5.97 Å². The van der Waals surface area contributed by atoms with E-state index in [4.69, 9.17) is 0 Å². The molecule has 1 fully saturated rings. The SMILES string of the molecule is CC(C)N(C(=O)C(C(=O)O)=C1SCS1)c1ccccn1. The van der Waals surface area contributed by atoms with Crippen molar-refractivity contribution in [3.05, 3.63) is 34.2 Å². The average molecular weight is 310 g/mol. The van der Waals surface area contributed by atoms with E-state index >= 15 is 0 Å². The van der Waals surface area contributed by atoms with Crippen molar-refractivity contribution in [2.75, 3.05) is 9.98 Å². The summed E-state index contributed by atoms with van der Waals surface area (Å²) in [6.45, 7) is 3.66. The second-order valence-corrected chi connectivity index (χ2v) is 6.93. The van der Waals surface area contributed by atoms with Gasteiger partial charge in [-0.3, -0.25) is 9.69 Å². The number of aromatic nitrogens is 1.